The van der Waals surface area contributed by atoms with E-state index in [0.717, 1.165) is 11.1 Å². The van der Waals surface area contributed by atoms with Crippen molar-refractivity contribution in [2.45, 2.75) is 39.9 Å². The summed E-state index contributed by atoms with van der Waals surface area (Å²) in [6.45, 7) is 6.00. The van der Waals surface area contributed by atoms with Crippen LogP contribution in [-0.2, 0) is 22.7 Å². The zero-order valence-electron chi connectivity index (χ0n) is 16.8. The van der Waals surface area contributed by atoms with Gasteiger partial charge in [-0.1, -0.05) is 32.0 Å². The molecule has 1 atom stereocenters. The number of hydrogen-bond acceptors (Lipinski definition) is 4. The monoisotopic (exact) mass is 400 g/mol. The maximum atomic E-state index is 13.2. The van der Waals surface area contributed by atoms with Gasteiger partial charge in [-0.05, 0) is 42.3 Å². The van der Waals surface area contributed by atoms with Crippen LogP contribution in [0.5, 0.6) is 11.5 Å². The number of rotatable bonds is 7. The van der Waals surface area contributed by atoms with Crippen LogP contribution in [0.15, 0.2) is 42.5 Å². The molecule has 2 aromatic rings. The number of benzene rings is 2. The number of fused-ring (bicyclic) bond motifs is 1. The van der Waals surface area contributed by atoms with Gasteiger partial charge in [-0.3, -0.25) is 9.59 Å². The van der Waals surface area contributed by atoms with Crippen molar-refractivity contribution in [1.82, 2.24) is 10.2 Å². The van der Waals surface area contributed by atoms with Gasteiger partial charge in [-0.25, -0.2) is 4.39 Å². The molecule has 7 heteroatoms. The summed E-state index contributed by atoms with van der Waals surface area (Å²) < 4.78 is 23.8. The Morgan fingerprint density at radius 2 is 1.69 bits per heavy atom. The van der Waals surface area contributed by atoms with Crippen LogP contribution in [0.1, 0.15) is 31.9 Å². The largest absolute Gasteiger partial charge is 0.454 e. The van der Waals surface area contributed by atoms with Crippen molar-refractivity contribution in [3.05, 3.63) is 59.4 Å². The van der Waals surface area contributed by atoms with E-state index in [1.165, 1.54) is 17.0 Å². The minimum atomic E-state index is -0.677. The predicted octanol–water partition coefficient (Wildman–Crippen LogP) is 3.24. The molecule has 0 bridgehead atoms. The van der Waals surface area contributed by atoms with Crippen molar-refractivity contribution in [3.8, 4) is 11.5 Å². The normalized spacial score (nSPS) is 13.3. The molecule has 2 amide bonds. The maximum absolute atomic E-state index is 13.2. The Morgan fingerprint density at radius 3 is 2.38 bits per heavy atom. The van der Waals surface area contributed by atoms with Crippen LogP contribution in [0.2, 0.25) is 0 Å². The smallest absolute Gasteiger partial charge is 0.242 e. The molecule has 0 aliphatic carbocycles. The first-order valence-electron chi connectivity index (χ1n) is 9.56. The highest BCUT2D eigenvalue weighted by molar-refractivity contribution is 5.88. The summed E-state index contributed by atoms with van der Waals surface area (Å²) >= 11 is 0. The molecule has 6 nitrogen and oxygen atoms in total. The molecule has 1 aliphatic heterocycles. The summed E-state index contributed by atoms with van der Waals surface area (Å²) in [6.07, 6.45) is 0. The summed E-state index contributed by atoms with van der Waals surface area (Å²) in [6, 6.07) is 10.7. The lowest BCUT2D eigenvalue weighted by molar-refractivity contribution is -0.143. The average Bonchev–Trinajstić information content (AvgIpc) is 3.18. The van der Waals surface area contributed by atoms with E-state index in [2.05, 4.69) is 5.32 Å². The van der Waals surface area contributed by atoms with Crippen molar-refractivity contribution in [1.29, 1.82) is 0 Å². The quantitative estimate of drug-likeness (QED) is 0.775. The van der Waals surface area contributed by atoms with Gasteiger partial charge < -0.3 is 19.7 Å². The van der Waals surface area contributed by atoms with Crippen LogP contribution in [0.3, 0.4) is 0 Å². The lowest BCUT2D eigenvalue weighted by Crippen LogP contribution is -2.48. The number of nitrogens with one attached hydrogen (secondary N) is 1. The second-order valence-electron chi connectivity index (χ2n) is 7.33. The summed E-state index contributed by atoms with van der Waals surface area (Å²) in [7, 11) is 0. The van der Waals surface area contributed by atoms with Crippen LogP contribution < -0.4 is 14.8 Å². The molecule has 1 N–H and O–H groups in total. The average molecular weight is 400 g/mol. The molecule has 154 valence electrons. The highest BCUT2D eigenvalue weighted by atomic mass is 19.1. The van der Waals surface area contributed by atoms with Crippen molar-refractivity contribution >= 4 is 11.8 Å². The predicted molar refractivity (Wildman–Crippen MR) is 106 cm³/mol. The molecule has 1 heterocycles. The molecule has 0 fully saturated rings. The van der Waals surface area contributed by atoms with Gasteiger partial charge in [0.1, 0.15) is 11.9 Å². The molecule has 1 aliphatic rings. The van der Waals surface area contributed by atoms with Crippen LogP contribution in [0.25, 0.3) is 0 Å². The van der Waals surface area contributed by atoms with E-state index in [9.17, 15) is 14.0 Å². The number of carbonyl (C=O) groups excluding carboxylic acids is 2. The number of hydrogen-bond donors (Lipinski definition) is 1. The molecule has 0 saturated heterocycles. The van der Waals surface area contributed by atoms with Crippen LogP contribution >= 0.6 is 0 Å². The van der Waals surface area contributed by atoms with Gasteiger partial charge in [0.05, 0.1) is 0 Å². The molecule has 0 radical (unpaired) electrons. The topological polar surface area (TPSA) is 67.9 Å². The Kier molecular flexibility index (Phi) is 6.36. The fourth-order valence-corrected chi connectivity index (χ4v) is 3.05. The second-order valence-corrected chi connectivity index (χ2v) is 7.33. The van der Waals surface area contributed by atoms with Gasteiger partial charge in [0.25, 0.3) is 0 Å². The Hall–Kier alpha value is -3.09. The summed E-state index contributed by atoms with van der Waals surface area (Å²) in [5, 5.41) is 2.87. The van der Waals surface area contributed by atoms with Gasteiger partial charge in [0.15, 0.2) is 11.5 Å². The van der Waals surface area contributed by atoms with E-state index in [-0.39, 0.29) is 36.9 Å². The molecular weight excluding hydrogens is 375 g/mol. The Labute approximate surface area is 169 Å². The first kappa shape index (κ1) is 20.6. The van der Waals surface area contributed by atoms with Gasteiger partial charge >= 0.3 is 0 Å². The van der Waals surface area contributed by atoms with Crippen LogP contribution in [0, 0.1) is 11.7 Å². The molecule has 0 unspecified atom stereocenters. The minimum Gasteiger partial charge on any atom is -0.454 e. The van der Waals surface area contributed by atoms with E-state index in [4.69, 9.17) is 9.47 Å². The first-order chi connectivity index (χ1) is 13.8. The standard InChI is InChI=1S/C22H25FN2O4/c1-14(2)22(27)25(12-16-4-7-18(23)8-5-16)15(3)21(26)24-11-17-6-9-19-20(10-17)29-13-28-19/h4-10,14-15H,11-13H2,1-3H3,(H,24,26)/t15-/m0/s1. The van der Waals surface area contributed by atoms with Crippen molar-refractivity contribution < 1.29 is 23.5 Å². The lowest BCUT2D eigenvalue weighted by Gasteiger charge is -2.30. The summed E-state index contributed by atoms with van der Waals surface area (Å²) in [5.41, 5.74) is 1.63. The van der Waals surface area contributed by atoms with E-state index in [1.54, 1.807) is 39.0 Å². The fourth-order valence-electron chi connectivity index (χ4n) is 3.05. The van der Waals surface area contributed by atoms with E-state index in [1.807, 2.05) is 12.1 Å². The SMILES string of the molecule is CC(C)C(=O)N(Cc1ccc(F)cc1)[C@@H](C)C(=O)NCc1ccc2c(c1)OCO2. The van der Waals surface area contributed by atoms with Crippen molar-refractivity contribution in [2.75, 3.05) is 6.79 Å². The Bertz CT molecular complexity index is 883. The third kappa shape index (κ3) is 5.04. The number of nitrogens with zero attached hydrogens (tertiary/aromatic N) is 1. The van der Waals surface area contributed by atoms with E-state index in [0.29, 0.717) is 18.0 Å². The molecular formula is C22H25FN2O4. The van der Waals surface area contributed by atoms with Gasteiger partial charge in [0, 0.05) is 19.0 Å². The zero-order valence-corrected chi connectivity index (χ0v) is 16.8. The third-order valence-corrected chi connectivity index (χ3v) is 4.79. The summed E-state index contributed by atoms with van der Waals surface area (Å²) in [4.78, 5) is 27.0. The van der Waals surface area contributed by atoms with Gasteiger partial charge in [-0.2, -0.15) is 0 Å². The molecule has 0 saturated carbocycles. The molecule has 2 aromatic carbocycles. The third-order valence-electron chi connectivity index (χ3n) is 4.79. The number of halogens is 1. The second kappa shape index (κ2) is 8.94. The fraction of sp³-hybridized carbons (Fsp3) is 0.364. The minimum absolute atomic E-state index is 0.139. The van der Waals surface area contributed by atoms with E-state index >= 15 is 0 Å². The van der Waals surface area contributed by atoms with E-state index < -0.39 is 6.04 Å². The molecule has 0 aromatic heterocycles. The first-order valence-corrected chi connectivity index (χ1v) is 9.56. The molecule has 0 spiro atoms. The van der Waals surface area contributed by atoms with Crippen LogP contribution in [0.4, 0.5) is 4.39 Å². The van der Waals surface area contributed by atoms with Crippen molar-refractivity contribution in [3.63, 3.8) is 0 Å². The number of carbonyl (C=O) groups is 2. The van der Waals surface area contributed by atoms with Crippen LogP contribution in [-0.4, -0.2) is 29.5 Å². The van der Waals surface area contributed by atoms with Gasteiger partial charge in [0.2, 0.25) is 18.6 Å². The maximum Gasteiger partial charge on any atom is 0.242 e. The lowest BCUT2D eigenvalue weighted by atomic mass is 10.1. The molecule has 29 heavy (non-hydrogen) atoms. The number of amides is 2. The Morgan fingerprint density at radius 1 is 1.03 bits per heavy atom. The zero-order chi connectivity index (χ0) is 21.0. The highest BCUT2D eigenvalue weighted by Gasteiger charge is 2.27. The Balaban J connectivity index is 1.67. The summed E-state index contributed by atoms with van der Waals surface area (Å²) in [5.74, 6) is 0.322. The van der Waals surface area contributed by atoms with Gasteiger partial charge in [-0.15, -0.1) is 0 Å². The highest BCUT2D eigenvalue weighted by Crippen LogP contribution is 2.32. The van der Waals surface area contributed by atoms with Crippen molar-refractivity contribution in [2.24, 2.45) is 5.92 Å². The molecule has 3 rings (SSSR count). The number of ether oxygens (including phenoxy) is 2.